The second-order valence-corrected chi connectivity index (χ2v) is 17.1. The van der Waals surface area contributed by atoms with E-state index in [0.717, 1.165) is 22.4 Å². The van der Waals surface area contributed by atoms with Crippen LogP contribution in [0.5, 0.6) is 0 Å². The molecule has 2 N–H and O–H groups in total. The quantitative estimate of drug-likeness (QED) is 0.293. The van der Waals surface area contributed by atoms with E-state index in [-0.39, 0.29) is 30.7 Å². The average Bonchev–Trinajstić information content (AvgIpc) is 3.48. The minimum atomic E-state index is -3.49. The van der Waals surface area contributed by atoms with Crippen LogP contribution in [-0.4, -0.2) is 54.9 Å². The molecule has 3 aromatic rings. The number of anilines is 3. The van der Waals surface area contributed by atoms with E-state index in [1.165, 1.54) is 0 Å². The molecule has 234 valence electrons. The maximum Gasteiger partial charge on any atom is 0.261 e. The van der Waals surface area contributed by atoms with Crippen molar-refractivity contribution in [3.63, 3.8) is 0 Å². The molecule has 1 spiro atoms. The number of nitrogens with zero attached hydrogens (tertiary/aromatic N) is 2. The summed E-state index contributed by atoms with van der Waals surface area (Å²) in [5.41, 5.74) is 3.57. The topological polar surface area (TPSA) is 99.2 Å². The molecule has 0 unspecified atom stereocenters. The Morgan fingerprint density at radius 1 is 1.04 bits per heavy atom. The van der Waals surface area contributed by atoms with Crippen molar-refractivity contribution in [2.75, 3.05) is 16.8 Å². The van der Waals surface area contributed by atoms with E-state index >= 15 is 4.11 Å². The summed E-state index contributed by atoms with van der Waals surface area (Å²) in [4.78, 5) is 44.4. The van der Waals surface area contributed by atoms with Crippen LogP contribution in [-0.2, 0) is 44.1 Å². The molecule has 0 radical (unpaired) electrons. The van der Waals surface area contributed by atoms with Crippen LogP contribution in [0.15, 0.2) is 66.7 Å². The summed E-state index contributed by atoms with van der Waals surface area (Å²) in [6, 6.07) is 20.7. The van der Waals surface area contributed by atoms with Crippen LogP contribution in [0.4, 0.5) is 21.2 Å². The van der Waals surface area contributed by atoms with Crippen LogP contribution in [0.25, 0.3) is 0 Å². The molecule has 0 aromatic heterocycles. The first-order valence-electron chi connectivity index (χ1n) is 15.7. The van der Waals surface area contributed by atoms with Crippen molar-refractivity contribution in [3.05, 3.63) is 89.0 Å². The van der Waals surface area contributed by atoms with E-state index in [9.17, 15) is 19.5 Å². The zero-order valence-corrected chi connectivity index (χ0v) is 26.8. The predicted octanol–water partition coefficient (Wildman–Crippen LogP) is 5.36. The molecule has 0 bridgehead atoms. The van der Waals surface area contributed by atoms with Crippen LogP contribution in [0.2, 0.25) is 18.6 Å². The van der Waals surface area contributed by atoms with Gasteiger partial charge >= 0.3 is 0 Å². The monoisotopic (exact) mass is 627 g/mol. The molecule has 1 fully saturated rings. The van der Waals surface area contributed by atoms with Crippen molar-refractivity contribution in [2.45, 2.75) is 75.5 Å². The van der Waals surface area contributed by atoms with Gasteiger partial charge in [0.05, 0.1) is 30.9 Å². The largest absolute Gasteiger partial charge is 0.394 e. The number of amides is 3. The maximum atomic E-state index is 16.3. The molecule has 7 rings (SSSR count). The minimum absolute atomic E-state index is 0.0411. The zero-order chi connectivity index (χ0) is 31.7. The molecule has 5 atom stereocenters. The van der Waals surface area contributed by atoms with Gasteiger partial charge in [-0.15, -0.1) is 0 Å². The lowest BCUT2D eigenvalue weighted by molar-refractivity contribution is -0.149. The standard InChI is InChI=1S/C35H38FN3O5Si/c1-21-33(45(2,3)36)30(18-32(42)38-19-24-10-5-4-9-23(24)16-26(38)20-40)44-35(21)27-17-25(13-14-28(27)37-34(35)43)39-29-11-7-6-8-22(29)12-15-31(39)41/h4-11,13-14,17,21,26,30,33,40H,12,15-16,18-20H2,1-3H3,(H,37,43)/t21-,26-,30+,33-,35+/m0/s1. The van der Waals surface area contributed by atoms with E-state index in [4.69, 9.17) is 4.74 Å². The fraction of sp³-hybridized carbons (Fsp3) is 0.400. The number of hydrogen-bond donors (Lipinski definition) is 2. The first-order valence-corrected chi connectivity index (χ1v) is 18.7. The van der Waals surface area contributed by atoms with Gasteiger partial charge in [0, 0.05) is 41.4 Å². The van der Waals surface area contributed by atoms with E-state index in [0.29, 0.717) is 42.7 Å². The smallest absolute Gasteiger partial charge is 0.261 e. The summed E-state index contributed by atoms with van der Waals surface area (Å²) in [6.07, 6.45) is 0.624. The first kappa shape index (κ1) is 29.8. The van der Waals surface area contributed by atoms with Gasteiger partial charge in [0.1, 0.15) is 0 Å². The number of rotatable bonds is 5. The Labute approximate surface area is 263 Å². The third kappa shape index (κ3) is 4.73. The van der Waals surface area contributed by atoms with Gasteiger partial charge in [0.25, 0.3) is 5.91 Å². The minimum Gasteiger partial charge on any atom is -0.394 e. The molecule has 1 saturated heterocycles. The molecular weight excluding hydrogens is 589 g/mol. The lowest BCUT2D eigenvalue weighted by Crippen LogP contribution is -2.48. The van der Waals surface area contributed by atoms with Crippen LogP contribution >= 0.6 is 0 Å². The highest BCUT2D eigenvalue weighted by Gasteiger charge is 2.65. The number of ether oxygens (including phenoxy) is 1. The lowest BCUT2D eigenvalue weighted by atomic mass is 9.82. The molecule has 4 aliphatic heterocycles. The van der Waals surface area contributed by atoms with Gasteiger partial charge in [-0.05, 0) is 66.9 Å². The number of halogens is 1. The summed E-state index contributed by atoms with van der Waals surface area (Å²) in [5, 5.41) is 13.1. The van der Waals surface area contributed by atoms with Crippen LogP contribution in [0, 0.1) is 5.92 Å². The van der Waals surface area contributed by atoms with Crippen molar-refractivity contribution >= 4 is 43.2 Å². The van der Waals surface area contributed by atoms with Crippen molar-refractivity contribution in [3.8, 4) is 0 Å². The number of benzene rings is 3. The maximum absolute atomic E-state index is 16.3. The van der Waals surface area contributed by atoms with Gasteiger partial charge in [-0.3, -0.25) is 19.3 Å². The zero-order valence-electron chi connectivity index (χ0n) is 25.8. The van der Waals surface area contributed by atoms with Gasteiger partial charge in [-0.2, -0.15) is 0 Å². The summed E-state index contributed by atoms with van der Waals surface area (Å²) in [7, 11) is -3.49. The van der Waals surface area contributed by atoms with Crippen molar-refractivity contribution < 1.29 is 28.3 Å². The Bertz CT molecular complexity index is 1710. The van der Waals surface area contributed by atoms with Crippen molar-refractivity contribution in [1.29, 1.82) is 0 Å². The van der Waals surface area contributed by atoms with Crippen LogP contribution in [0.3, 0.4) is 0 Å². The summed E-state index contributed by atoms with van der Waals surface area (Å²) in [5.74, 6) is -1.23. The molecule has 0 aliphatic carbocycles. The Hall–Kier alpha value is -3.86. The summed E-state index contributed by atoms with van der Waals surface area (Å²) in [6.45, 7) is 5.23. The molecule has 10 heteroatoms. The number of para-hydroxylation sites is 1. The number of aliphatic hydroxyl groups excluding tert-OH is 1. The highest BCUT2D eigenvalue weighted by Crippen LogP contribution is 2.59. The molecule has 8 nitrogen and oxygen atoms in total. The Morgan fingerprint density at radius 3 is 2.49 bits per heavy atom. The molecule has 3 amide bonds. The summed E-state index contributed by atoms with van der Waals surface area (Å²) < 4.78 is 23.0. The Morgan fingerprint density at radius 2 is 1.76 bits per heavy atom. The fourth-order valence-corrected chi connectivity index (χ4v) is 10.7. The van der Waals surface area contributed by atoms with Gasteiger partial charge in [0.15, 0.2) is 5.60 Å². The second kappa shape index (κ2) is 10.9. The number of carbonyl (C=O) groups is 3. The van der Waals surface area contributed by atoms with E-state index in [2.05, 4.69) is 5.32 Å². The van der Waals surface area contributed by atoms with E-state index in [1.807, 2.05) is 67.6 Å². The van der Waals surface area contributed by atoms with E-state index < -0.39 is 37.6 Å². The summed E-state index contributed by atoms with van der Waals surface area (Å²) >= 11 is 0. The van der Waals surface area contributed by atoms with Gasteiger partial charge in [-0.25, -0.2) is 0 Å². The highest BCUT2D eigenvalue weighted by molar-refractivity contribution is 6.72. The second-order valence-electron chi connectivity index (χ2n) is 13.3. The van der Waals surface area contributed by atoms with Crippen LogP contribution in [0.1, 0.15) is 42.0 Å². The van der Waals surface area contributed by atoms with Crippen LogP contribution < -0.4 is 10.2 Å². The number of fused-ring (bicyclic) bond motifs is 4. The number of nitrogens with one attached hydrogen (secondary N) is 1. The molecule has 45 heavy (non-hydrogen) atoms. The molecule has 0 saturated carbocycles. The number of carbonyl (C=O) groups excluding carboxylic acids is 3. The predicted molar refractivity (Wildman–Crippen MR) is 171 cm³/mol. The third-order valence-electron chi connectivity index (χ3n) is 10.3. The third-order valence-corrected chi connectivity index (χ3v) is 12.8. The van der Waals surface area contributed by atoms with Gasteiger partial charge in [-0.1, -0.05) is 49.4 Å². The van der Waals surface area contributed by atoms with Gasteiger partial charge < -0.3 is 24.2 Å². The Kier molecular flexibility index (Phi) is 7.22. The van der Waals surface area contributed by atoms with E-state index in [1.54, 1.807) is 29.0 Å². The normalized spacial score (nSPS) is 27.3. The molecule has 4 heterocycles. The lowest BCUT2D eigenvalue weighted by Gasteiger charge is -2.37. The first-order chi connectivity index (χ1) is 21.5. The fourth-order valence-electron chi connectivity index (χ4n) is 8.24. The SMILES string of the molecule is C[C@H]1[C@H]([Si](C)(C)F)[C@@H](CC(=O)N2Cc3ccccc3C[C@H]2CO)O[C@]12C(=O)Nc1ccc(N3C(=O)CCc4ccccc43)cc12. The Balaban J connectivity index is 1.24. The number of aryl methyl sites for hydroxylation is 1. The molecular formula is C35H38FN3O5Si. The highest BCUT2D eigenvalue weighted by atomic mass is 28.4. The van der Waals surface area contributed by atoms with Crippen molar-refractivity contribution in [2.24, 2.45) is 5.92 Å². The molecule has 3 aromatic carbocycles. The molecule has 4 aliphatic rings. The van der Waals surface area contributed by atoms with Gasteiger partial charge in [0.2, 0.25) is 20.2 Å². The van der Waals surface area contributed by atoms with Crippen molar-refractivity contribution in [1.82, 2.24) is 4.90 Å². The average molecular weight is 628 g/mol. The number of aliphatic hydroxyl groups is 1. The number of hydrogen-bond acceptors (Lipinski definition) is 5.